The summed E-state index contributed by atoms with van der Waals surface area (Å²) >= 11 is 5.45. The average molecular weight is 323 g/mol. The number of ether oxygens (including phenoxy) is 4. The fraction of sp³-hybridized carbons (Fsp3) is 0.438. The van der Waals surface area contributed by atoms with Gasteiger partial charge in [-0.25, -0.2) is 4.79 Å². The highest BCUT2D eigenvalue weighted by atomic mass is 35.5. The highest BCUT2D eigenvalue weighted by Crippen LogP contribution is 2.38. The summed E-state index contributed by atoms with van der Waals surface area (Å²) in [7, 11) is 0. The number of halogens is 1. The minimum absolute atomic E-state index is 0.446. The van der Waals surface area contributed by atoms with Crippen LogP contribution in [0.4, 0.5) is 0 Å². The molecular weight excluding hydrogens is 308 g/mol. The molecule has 2 heterocycles. The van der Waals surface area contributed by atoms with E-state index >= 15 is 0 Å². The van der Waals surface area contributed by atoms with Crippen LogP contribution in [0, 0.1) is 11.3 Å². The molecule has 0 unspecified atom stereocenters. The van der Waals surface area contributed by atoms with Crippen LogP contribution < -0.4 is 0 Å². The normalized spacial score (nSPS) is 32.0. The number of hydrogen-bond acceptors (Lipinski definition) is 5. The molecule has 2 saturated heterocycles. The molecule has 0 bridgehead atoms. The van der Waals surface area contributed by atoms with Gasteiger partial charge in [-0.2, -0.15) is 0 Å². The van der Waals surface area contributed by atoms with Crippen molar-refractivity contribution in [1.29, 1.82) is 0 Å². The van der Waals surface area contributed by atoms with Crippen LogP contribution in [0.2, 0.25) is 0 Å². The standard InChI is InChI=1S/C16H15ClO5/c1-16(2)21-13-12(11(8-9-17)19-15(13)22-16)20-14(18)10-6-4-3-5-7-10/h3-7,11-13,15H,1-2H3/t11-,12-,13-,15-/m1/s1. The highest BCUT2D eigenvalue weighted by Gasteiger charge is 2.56. The molecule has 0 radical (unpaired) electrons. The Bertz CT molecular complexity index is 618. The maximum Gasteiger partial charge on any atom is 0.338 e. The number of rotatable bonds is 2. The van der Waals surface area contributed by atoms with Gasteiger partial charge in [-0.1, -0.05) is 18.2 Å². The van der Waals surface area contributed by atoms with Gasteiger partial charge in [0.2, 0.25) is 0 Å². The summed E-state index contributed by atoms with van der Waals surface area (Å²) in [5.74, 6) is 1.40. The Morgan fingerprint density at radius 1 is 1.27 bits per heavy atom. The summed E-state index contributed by atoms with van der Waals surface area (Å²) in [5.41, 5.74) is 0.446. The number of esters is 1. The first-order valence-corrected chi connectivity index (χ1v) is 7.26. The van der Waals surface area contributed by atoms with Crippen LogP contribution in [0.5, 0.6) is 0 Å². The molecule has 0 saturated carbocycles. The molecule has 1 aromatic rings. The van der Waals surface area contributed by atoms with E-state index in [2.05, 4.69) is 11.3 Å². The number of hydrogen-bond donors (Lipinski definition) is 0. The summed E-state index contributed by atoms with van der Waals surface area (Å²) in [6.45, 7) is 3.54. The third kappa shape index (κ3) is 2.96. The van der Waals surface area contributed by atoms with Crippen molar-refractivity contribution in [2.75, 3.05) is 0 Å². The van der Waals surface area contributed by atoms with Crippen LogP contribution in [-0.2, 0) is 18.9 Å². The maximum atomic E-state index is 12.2. The van der Waals surface area contributed by atoms with Crippen LogP contribution in [0.1, 0.15) is 24.2 Å². The molecular formula is C16H15ClO5. The SMILES string of the molecule is CC1(C)O[C@H]2O[C@H](C#CCl)[C@@H](OC(=O)c3ccccc3)[C@H]2O1. The van der Waals surface area contributed by atoms with E-state index in [4.69, 9.17) is 30.5 Å². The minimum Gasteiger partial charge on any atom is -0.452 e. The van der Waals surface area contributed by atoms with Gasteiger partial charge >= 0.3 is 5.97 Å². The fourth-order valence-electron chi connectivity index (χ4n) is 2.54. The Morgan fingerprint density at radius 2 is 2.00 bits per heavy atom. The Morgan fingerprint density at radius 3 is 2.68 bits per heavy atom. The molecule has 2 fully saturated rings. The molecule has 0 aliphatic carbocycles. The Hall–Kier alpha value is -1.58. The lowest BCUT2D eigenvalue weighted by Gasteiger charge is -2.23. The van der Waals surface area contributed by atoms with Crippen molar-refractivity contribution in [2.45, 2.75) is 44.2 Å². The summed E-state index contributed by atoms with van der Waals surface area (Å²) < 4.78 is 22.6. The number of carbonyl (C=O) groups excluding carboxylic acids is 1. The van der Waals surface area contributed by atoms with E-state index < -0.39 is 36.4 Å². The second-order valence-electron chi connectivity index (χ2n) is 5.50. The number of carbonyl (C=O) groups is 1. The lowest BCUT2D eigenvalue weighted by molar-refractivity contribution is -0.208. The maximum absolute atomic E-state index is 12.2. The largest absolute Gasteiger partial charge is 0.452 e. The zero-order chi connectivity index (χ0) is 15.7. The van der Waals surface area contributed by atoms with Gasteiger partial charge in [0.05, 0.1) is 5.56 Å². The predicted molar refractivity (Wildman–Crippen MR) is 78.0 cm³/mol. The predicted octanol–water partition coefficient (Wildman–Crippen LogP) is 2.29. The molecule has 0 amide bonds. The highest BCUT2D eigenvalue weighted by molar-refractivity contribution is 6.30. The quantitative estimate of drug-likeness (QED) is 0.617. The monoisotopic (exact) mass is 322 g/mol. The van der Waals surface area contributed by atoms with Gasteiger partial charge in [-0.05, 0) is 43.5 Å². The molecule has 6 heteroatoms. The minimum atomic E-state index is -0.800. The summed E-state index contributed by atoms with van der Waals surface area (Å²) in [6.07, 6.45) is -2.56. The molecule has 3 rings (SSSR count). The Kier molecular flexibility index (Phi) is 4.11. The van der Waals surface area contributed by atoms with E-state index in [1.807, 2.05) is 6.07 Å². The molecule has 0 aromatic heterocycles. The van der Waals surface area contributed by atoms with E-state index in [0.29, 0.717) is 5.56 Å². The van der Waals surface area contributed by atoms with Gasteiger partial charge in [0.1, 0.15) is 0 Å². The first kappa shape index (κ1) is 15.3. The van der Waals surface area contributed by atoms with Crippen molar-refractivity contribution in [2.24, 2.45) is 0 Å². The van der Waals surface area contributed by atoms with Crippen molar-refractivity contribution in [3.63, 3.8) is 0 Å². The van der Waals surface area contributed by atoms with Gasteiger partial charge in [0, 0.05) is 5.38 Å². The molecule has 1 aromatic carbocycles. The van der Waals surface area contributed by atoms with Crippen LogP contribution in [0.25, 0.3) is 0 Å². The second kappa shape index (κ2) is 5.90. The Balaban J connectivity index is 1.79. The van der Waals surface area contributed by atoms with Crippen molar-refractivity contribution in [3.8, 4) is 11.3 Å². The van der Waals surface area contributed by atoms with Gasteiger partial charge in [0.25, 0.3) is 0 Å². The van der Waals surface area contributed by atoms with Gasteiger partial charge in [-0.3, -0.25) is 0 Å². The molecule has 0 spiro atoms. The number of fused-ring (bicyclic) bond motifs is 1. The van der Waals surface area contributed by atoms with Crippen molar-refractivity contribution < 1.29 is 23.7 Å². The van der Waals surface area contributed by atoms with E-state index in [-0.39, 0.29) is 0 Å². The first-order chi connectivity index (χ1) is 10.5. The lowest BCUT2D eigenvalue weighted by atomic mass is 10.1. The van der Waals surface area contributed by atoms with Crippen LogP contribution in [-0.4, -0.2) is 36.4 Å². The molecule has 0 N–H and O–H groups in total. The zero-order valence-electron chi connectivity index (χ0n) is 12.1. The summed E-state index contributed by atoms with van der Waals surface area (Å²) in [4.78, 5) is 12.2. The fourth-order valence-corrected chi connectivity index (χ4v) is 2.65. The van der Waals surface area contributed by atoms with Gasteiger partial charge in [0.15, 0.2) is 30.4 Å². The third-order valence-corrected chi connectivity index (χ3v) is 3.55. The van der Waals surface area contributed by atoms with Crippen molar-refractivity contribution in [1.82, 2.24) is 0 Å². The first-order valence-electron chi connectivity index (χ1n) is 6.88. The Labute approximate surface area is 133 Å². The van der Waals surface area contributed by atoms with Gasteiger partial charge in [-0.15, -0.1) is 0 Å². The summed E-state index contributed by atoms with van der Waals surface area (Å²) in [6, 6.07) is 8.70. The van der Waals surface area contributed by atoms with E-state index in [1.165, 1.54) is 0 Å². The number of benzene rings is 1. The molecule has 4 atom stereocenters. The zero-order valence-corrected chi connectivity index (χ0v) is 12.9. The van der Waals surface area contributed by atoms with E-state index in [1.54, 1.807) is 38.1 Å². The van der Waals surface area contributed by atoms with Gasteiger partial charge < -0.3 is 18.9 Å². The van der Waals surface area contributed by atoms with Crippen LogP contribution in [0.15, 0.2) is 30.3 Å². The lowest BCUT2D eigenvalue weighted by Crippen LogP contribution is -2.38. The van der Waals surface area contributed by atoms with E-state index in [0.717, 1.165) is 0 Å². The topological polar surface area (TPSA) is 54.0 Å². The molecule has 22 heavy (non-hydrogen) atoms. The summed E-state index contributed by atoms with van der Waals surface area (Å²) in [5, 5.41) is 2.26. The smallest absolute Gasteiger partial charge is 0.338 e. The second-order valence-corrected chi connectivity index (χ2v) is 5.69. The third-order valence-electron chi connectivity index (χ3n) is 3.44. The molecule has 5 nitrogen and oxygen atoms in total. The van der Waals surface area contributed by atoms with Crippen molar-refractivity contribution >= 4 is 17.6 Å². The molecule has 2 aliphatic rings. The van der Waals surface area contributed by atoms with E-state index in [9.17, 15) is 4.79 Å². The van der Waals surface area contributed by atoms with Crippen molar-refractivity contribution in [3.05, 3.63) is 35.9 Å². The van der Waals surface area contributed by atoms with Crippen LogP contribution >= 0.6 is 11.6 Å². The molecule has 2 aliphatic heterocycles. The van der Waals surface area contributed by atoms with Crippen LogP contribution in [0.3, 0.4) is 0 Å². The average Bonchev–Trinajstić information content (AvgIpc) is 2.94. The molecule has 116 valence electrons.